The standard InChI is InChI=1S/C11H13ClN2O/c1-3-14-10-8(12)5-4-6-9(10)13-7(2)11(14)15/h4-7,13H,3H2,1-2H3. The summed E-state index contributed by atoms with van der Waals surface area (Å²) in [5, 5.41) is 3.75. The Bertz CT molecular complexity index is 406. The Morgan fingerprint density at radius 1 is 1.53 bits per heavy atom. The fourth-order valence-corrected chi connectivity index (χ4v) is 2.14. The Morgan fingerprint density at radius 2 is 2.27 bits per heavy atom. The van der Waals surface area contributed by atoms with Crippen LogP contribution in [-0.4, -0.2) is 18.5 Å². The SMILES string of the molecule is CCN1C(=O)C(C)Nc2cccc(Cl)c21. The van der Waals surface area contributed by atoms with Crippen LogP contribution in [0, 0.1) is 0 Å². The average molecular weight is 225 g/mol. The first-order chi connectivity index (χ1) is 7.15. The van der Waals surface area contributed by atoms with Crippen molar-refractivity contribution in [3.8, 4) is 0 Å². The third kappa shape index (κ3) is 1.57. The number of halogens is 1. The quantitative estimate of drug-likeness (QED) is 0.795. The summed E-state index contributed by atoms with van der Waals surface area (Å²) in [7, 11) is 0. The molecule has 0 bridgehead atoms. The molecule has 4 heteroatoms. The lowest BCUT2D eigenvalue weighted by molar-refractivity contribution is -0.119. The molecule has 1 atom stereocenters. The van der Waals surface area contributed by atoms with E-state index in [1.807, 2.05) is 26.0 Å². The Morgan fingerprint density at radius 3 is 2.93 bits per heavy atom. The zero-order valence-electron chi connectivity index (χ0n) is 8.75. The number of rotatable bonds is 1. The number of amides is 1. The van der Waals surface area contributed by atoms with Crippen molar-refractivity contribution in [2.75, 3.05) is 16.8 Å². The Hall–Kier alpha value is -1.22. The molecule has 0 aromatic heterocycles. The van der Waals surface area contributed by atoms with Crippen LogP contribution in [0.1, 0.15) is 13.8 Å². The van der Waals surface area contributed by atoms with E-state index in [4.69, 9.17) is 11.6 Å². The van der Waals surface area contributed by atoms with Crippen molar-refractivity contribution in [1.29, 1.82) is 0 Å². The number of carbonyl (C=O) groups is 1. The molecule has 0 aliphatic carbocycles. The van der Waals surface area contributed by atoms with Gasteiger partial charge < -0.3 is 10.2 Å². The molecule has 0 saturated heterocycles. The van der Waals surface area contributed by atoms with Crippen molar-refractivity contribution in [3.05, 3.63) is 23.2 Å². The normalized spacial score (nSPS) is 19.8. The van der Waals surface area contributed by atoms with Crippen molar-refractivity contribution in [1.82, 2.24) is 0 Å². The Kier molecular flexibility index (Phi) is 2.57. The first-order valence-corrected chi connectivity index (χ1v) is 5.39. The number of anilines is 2. The molecule has 1 aromatic carbocycles. The fourth-order valence-electron chi connectivity index (χ4n) is 1.86. The van der Waals surface area contributed by atoms with Crippen LogP contribution in [0.5, 0.6) is 0 Å². The molecule has 1 unspecified atom stereocenters. The second kappa shape index (κ2) is 3.74. The van der Waals surface area contributed by atoms with Crippen molar-refractivity contribution in [2.45, 2.75) is 19.9 Å². The van der Waals surface area contributed by atoms with Crippen LogP contribution in [0.15, 0.2) is 18.2 Å². The third-order valence-electron chi connectivity index (χ3n) is 2.58. The van der Waals surface area contributed by atoms with Crippen LogP contribution in [0.3, 0.4) is 0 Å². The molecular weight excluding hydrogens is 212 g/mol. The van der Waals surface area contributed by atoms with E-state index in [0.29, 0.717) is 11.6 Å². The summed E-state index contributed by atoms with van der Waals surface area (Å²) in [4.78, 5) is 13.6. The average Bonchev–Trinajstić information content (AvgIpc) is 2.21. The Labute approximate surface area is 94.0 Å². The molecule has 0 spiro atoms. The first kappa shape index (κ1) is 10.3. The zero-order valence-corrected chi connectivity index (χ0v) is 9.51. The minimum Gasteiger partial charge on any atom is -0.372 e. The summed E-state index contributed by atoms with van der Waals surface area (Å²) < 4.78 is 0. The lowest BCUT2D eigenvalue weighted by atomic mass is 10.1. The van der Waals surface area contributed by atoms with Crippen LogP contribution < -0.4 is 10.2 Å². The van der Waals surface area contributed by atoms with Gasteiger partial charge in [0.05, 0.1) is 16.4 Å². The molecule has 1 aliphatic heterocycles. The molecule has 15 heavy (non-hydrogen) atoms. The van der Waals surface area contributed by atoms with E-state index < -0.39 is 0 Å². The van der Waals surface area contributed by atoms with Crippen molar-refractivity contribution in [2.24, 2.45) is 0 Å². The van der Waals surface area contributed by atoms with Gasteiger partial charge in [-0.05, 0) is 26.0 Å². The van der Waals surface area contributed by atoms with Crippen molar-refractivity contribution >= 4 is 28.9 Å². The molecule has 1 aliphatic rings. The molecular formula is C11H13ClN2O. The number of hydrogen-bond acceptors (Lipinski definition) is 2. The van der Waals surface area contributed by atoms with Gasteiger partial charge in [0, 0.05) is 6.54 Å². The van der Waals surface area contributed by atoms with Gasteiger partial charge in [-0.1, -0.05) is 17.7 Å². The van der Waals surface area contributed by atoms with Gasteiger partial charge in [0.25, 0.3) is 0 Å². The molecule has 0 fully saturated rings. The van der Waals surface area contributed by atoms with Crippen LogP contribution in [0.2, 0.25) is 5.02 Å². The van der Waals surface area contributed by atoms with Gasteiger partial charge in [0.1, 0.15) is 6.04 Å². The number of benzene rings is 1. The van der Waals surface area contributed by atoms with E-state index in [1.54, 1.807) is 11.0 Å². The maximum absolute atomic E-state index is 11.9. The van der Waals surface area contributed by atoms with Gasteiger partial charge in [0.2, 0.25) is 5.91 Å². The second-order valence-corrected chi connectivity index (χ2v) is 3.99. The number of nitrogens with zero attached hydrogens (tertiary/aromatic N) is 1. The van der Waals surface area contributed by atoms with Gasteiger partial charge >= 0.3 is 0 Å². The summed E-state index contributed by atoms with van der Waals surface area (Å²) in [5.41, 5.74) is 1.72. The molecule has 0 saturated carbocycles. The molecule has 1 aromatic rings. The van der Waals surface area contributed by atoms with E-state index in [0.717, 1.165) is 11.4 Å². The lowest BCUT2D eigenvalue weighted by Gasteiger charge is -2.33. The largest absolute Gasteiger partial charge is 0.372 e. The number of fused-ring (bicyclic) bond motifs is 1. The van der Waals surface area contributed by atoms with E-state index in [2.05, 4.69) is 5.32 Å². The molecule has 1 heterocycles. The molecule has 0 radical (unpaired) electrons. The van der Waals surface area contributed by atoms with Crippen LogP contribution in [0.4, 0.5) is 11.4 Å². The number of likely N-dealkylation sites (N-methyl/N-ethyl adjacent to an activating group) is 1. The topological polar surface area (TPSA) is 32.3 Å². The lowest BCUT2D eigenvalue weighted by Crippen LogP contribution is -2.45. The predicted octanol–water partition coefficient (Wildman–Crippen LogP) is 2.51. The summed E-state index contributed by atoms with van der Waals surface area (Å²) >= 11 is 6.09. The van der Waals surface area contributed by atoms with Gasteiger partial charge in [-0.25, -0.2) is 0 Å². The smallest absolute Gasteiger partial charge is 0.249 e. The van der Waals surface area contributed by atoms with E-state index in [9.17, 15) is 4.79 Å². The van der Waals surface area contributed by atoms with E-state index in [-0.39, 0.29) is 11.9 Å². The van der Waals surface area contributed by atoms with E-state index in [1.165, 1.54) is 0 Å². The van der Waals surface area contributed by atoms with Crippen molar-refractivity contribution < 1.29 is 4.79 Å². The highest BCUT2D eigenvalue weighted by Crippen LogP contribution is 2.37. The summed E-state index contributed by atoms with van der Waals surface area (Å²) in [6.45, 7) is 4.44. The number of hydrogen-bond donors (Lipinski definition) is 1. The monoisotopic (exact) mass is 224 g/mol. The van der Waals surface area contributed by atoms with Crippen LogP contribution in [0.25, 0.3) is 0 Å². The highest BCUT2D eigenvalue weighted by molar-refractivity contribution is 6.35. The molecule has 1 N–H and O–H groups in total. The highest BCUT2D eigenvalue weighted by atomic mass is 35.5. The zero-order chi connectivity index (χ0) is 11.0. The second-order valence-electron chi connectivity index (χ2n) is 3.58. The Balaban J connectivity index is 2.56. The molecule has 80 valence electrons. The summed E-state index contributed by atoms with van der Waals surface area (Å²) in [5.74, 6) is 0.0677. The predicted molar refractivity (Wildman–Crippen MR) is 62.6 cm³/mol. The maximum atomic E-state index is 11.9. The molecule has 3 nitrogen and oxygen atoms in total. The van der Waals surface area contributed by atoms with Gasteiger partial charge in [-0.3, -0.25) is 4.79 Å². The van der Waals surface area contributed by atoms with Gasteiger partial charge in [-0.15, -0.1) is 0 Å². The van der Waals surface area contributed by atoms with Crippen LogP contribution >= 0.6 is 11.6 Å². The maximum Gasteiger partial charge on any atom is 0.249 e. The van der Waals surface area contributed by atoms with Crippen molar-refractivity contribution in [3.63, 3.8) is 0 Å². The number of carbonyl (C=O) groups excluding carboxylic acids is 1. The first-order valence-electron chi connectivity index (χ1n) is 5.01. The molecule has 1 amide bonds. The molecule has 2 rings (SSSR count). The van der Waals surface area contributed by atoms with Gasteiger partial charge in [0.15, 0.2) is 0 Å². The number of nitrogens with one attached hydrogen (secondary N) is 1. The van der Waals surface area contributed by atoms with E-state index >= 15 is 0 Å². The minimum absolute atomic E-state index is 0.0677. The fraction of sp³-hybridized carbons (Fsp3) is 0.364. The highest BCUT2D eigenvalue weighted by Gasteiger charge is 2.29. The number of para-hydroxylation sites is 1. The van der Waals surface area contributed by atoms with Crippen LogP contribution in [-0.2, 0) is 4.79 Å². The third-order valence-corrected chi connectivity index (χ3v) is 2.89. The van der Waals surface area contributed by atoms with Gasteiger partial charge in [-0.2, -0.15) is 0 Å². The minimum atomic E-state index is -0.184. The summed E-state index contributed by atoms with van der Waals surface area (Å²) in [6.07, 6.45) is 0. The summed E-state index contributed by atoms with van der Waals surface area (Å²) in [6, 6.07) is 5.43.